The molecule has 0 atom stereocenters. The molecule has 0 spiro atoms. The summed E-state index contributed by atoms with van der Waals surface area (Å²) in [5, 5.41) is 13.0. The lowest BCUT2D eigenvalue weighted by Crippen LogP contribution is -2.33. The van der Waals surface area contributed by atoms with Crippen LogP contribution in [0.2, 0.25) is 5.15 Å². The highest BCUT2D eigenvalue weighted by atomic mass is 35.5. The Morgan fingerprint density at radius 2 is 1.77 bits per heavy atom. The molecule has 0 fully saturated rings. The zero-order chi connectivity index (χ0) is 25.3. The second kappa shape index (κ2) is 9.39. The number of aryl methyl sites for hydroxylation is 1. The van der Waals surface area contributed by atoms with Crippen LogP contribution in [-0.4, -0.2) is 28.6 Å². The number of nitrogens with zero attached hydrogens (tertiary/aromatic N) is 4. The molecule has 0 aliphatic rings. The number of hydrogen-bond acceptors (Lipinski definition) is 7. The fraction of sp³-hybridized carbons (Fsp3) is 0.0909. The normalized spacial score (nSPS) is 11.3. The largest absolute Gasteiger partial charge is 0.349 e. The van der Waals surface area contributed by atoms with Crippen molar-refractivity contribution in [3.8, 4) is 11.1 Å². The van der Waals surface area contributed by atoms with Gasteiger partial charge < -0.3 is 5.32 Å². The Hall–Kier alpha value is -3.90. The fourth-order valence-corrected chi connectivity index (χ4v) is 4.78. The zero-order valence-corrected chi connectivity index (χ0v) is 19.9. The van der Waals surface area contributed by atoms with Crippen LogP contribution in [0.15, 0.2) is 59.9 Å². The van der Waals surface area contributed by atoms with E-state index in [-0.39, 0.29) is 10.8 Å². The van der Waals surface area contributed by atoms with Gasteiger partial charge in [-0.25, -0.2) is 32.2 Å². The molecule has 0 radical (unpaired) electrons. The molecule has 0 aliphatic carbocycles. The van der Waals surface area contributed by atoms with Crippen molar-refractivity contribution in [1.29, 1.82) is 0 Å². The van der Waals surface area contributed by atoms with Gasteiger partial charge in [0.25, 0.3) is 10.0 Å². The van der Waals surface area contributed by atoms with Crippen LogP contribution in [-0.2, 0) is 10.0 Å². The van der Waals surface area contributed by atoms with Crippen LogP contribution >= 0.6 is 11.6 Å². The quantitative estimate of drug-likeness (QED) is 0.199. The third kappa shape index (κ3) is 5.12. The highest BCUT2D eigenvalue weighted by molar-refractivity contribution is 7.92. The number of sulfonamides is 1. The molecule has 0 unspecified atom stereocenters. The molecule has 3 heterocycles. The molecular formula is C22H18ClF2N6O3S+. The van der Waals surface area contributed by atoms with Gasteiger partial charge in [-0.05, 0) is 66.9 Å². The molecule has 0 amide bonds. The van der Waals surface area contributed by atoms with Gasteiger partial charge in [0.1, 0.15) is 39.7 Å². The Morgan fingerprint density at radius 1 is 1.03 bits per heavy atom. The van der Waals surface area contributed by atoms with Crippen molar-refractivity contribution >= 4 is 38.9 Å². The lowest BCUT2D eigenvalue weighted by Gasteiger charge is -2.14. The maximum atomic E-state index is 14.2. The van der Waals surface area contributed by atoms with Gasteiger partial charge in [0.15, 0.2) is 0 Å². The van der Waals surface area contributed by atoms with Crippen molar-refractivity contribution in [2.45, 2.75) is 18.7 Å². The second-order valence-corrected chi connectivity index (χ2v) is 9.41. The van der Waals surface area contributed by atoms with E-state index >= 15 is 0 Å². The van der Waals surface area contributed by atoms with Crippen molar-refractivity contribution < 1.29 is 27.1 Å². The number of anilines is 3. The van der Waals surface area contributed by atoms with Crippen LogP contribution < -0.4 is 14.8 Å². The monoisotopic (exact) mass is 519 g/mol. The zero-order valence-electron chi connectivity index (χ0n) is 18.3. The average Bonchev–Trinajstić information content (AvgIpc) is 2.79. The fourth-order valence-electron chi connectivity index (χ4n) is 3.30. The van der Waals surface area contributed by atoms with E-state index in [2.05, 4.69) is 25.0 Å². The van der Waals surface area contributed by atoms with Crippen molar-refractivity contribution in [2.24, 2.45) is 0 Å². The van der Waals surface area contributed by atoms with Gasteiger partial charge in [-0.2, -0.15) is 0 Å². The topological polar surface area (TPSA) is 121 Å². The molecule has 13 heteroatoms. The van der Waals surface area contributed by atoms with Gasteiger partial charge in [-0.1, -0.05) is 0 Å². The first-order valence-corrected chi connectivity index (χ1v) is 11.9. The molecule has 0 bridgehead atoms. The molecule has 180 valence electrons. The van der Waals surface area contributed by atoms with Gasteiger partial charge in [-0.15, -0.1) is 0 Å². The van der Waals surface area contributed by atoms with E-state index in [1.165, 1.54) is 12.4 Å². The predicted molar refractivity (Wildman–Crippen MR) is 124 cm³/mol. The van der Waals surface area contributed by atoms with Gasteiger partial charge in [0.2, 0.25) is 6.20 Å². The number of nitrogens with one attached hydrogen (secondary N) is 2. The lowest BCUT2D eigenvalue weighted by atomic mass is 10.0. The molecule has 4 rings (SSSR count). The summed E-state index contributed by atoms with van der Waals surface area (Å²) in [6.07, 6.45) is 4.40. The van der Waals surface area contributed by atoms with Crippen LogP contribution in [0.5, 0.6) is 0 Å². The minimum absolute atomic E-state index is 0.187. The average molecular weight is 520 g/mol. The van der Waals surface area contributed by atoms with E-state index in [1.54, 1.807) is 38.2 Å². The molecular weight excluding hydrogens is 502 g/mol. The first-order valence-electron chi connectivity index (χ1n) is 10.00. The van der Waals surface area contributed by atoms with E-state index in [4.69, 9.17) is 11.6 Å². The summed E-state index contributed by atoms with van der Waals surface area (Å²) >= 11 is 6.16. The Labute approximate surface area is 204 Å². The molecule has 9 nitrogen and oxygen atoms in total. The summed E-state index contributed by atoms with van der Waals surface area (Å²) in [6, 6.07) is 7.03. The number of hydrogen-bond donors (Lipinski definition) is 3. The van der Waals surface area contributed by atoms with Crippen LogP contribution in [0.4, 0.5) is 26.1 Å². The van der Waals surface area contributed by atoms with E-state index in [1.807, 2.05) is 0 Å². The smallest absolute Gasteiger partial charge is 0.325 e. The Morgan fingerprint density at radius 3 is 2.49 bits per heavy atom. The first kappa shape index (κ1) is 24.2. The van der Waals surface area contributed by atoms with Crippen LogP contribution in [0, 0.1) is 25.5 Å². The summed E-state index contributed by atoms with van der Waals surface area (Å²) in [5.74, 6) is -0.693. The first-order chi connectivity index (χ1) is 16.5. The Balaban J connectivity index is 1.74. The molecule has 0 aliphatic heterocycles. The third-order valence-corrected chi connectivity index (χ3v) is 6.71. The Bertz CT molecular complexity index is 1550. The van der Waals surface area contributed by atoms with Gasteiger partial charge >= 0.3 is 5.15 Å². The molecule has 35 heavy (non-hydrogen) atoms. The number of benzene rings is 1. The lowest BCUT2D eigenvalue weighted by molar-refractivity contribution is -0.902. The predicted octanol–water partition coefficient (Wildman–Crippen LogP) is 4.16. The molecule has 0 saturated heterocycles. The highest BCUT2D eigenvalue weighted by Crippen LogP contribution is 2.34. The maximum absolute atomic E-state index is 14.2. The molecule has 1 aromatic carbocycles. The minimum atomic E-state index is -4.51. The van der Waals surface area contributed by atoms with Crippen molar-refractivity contribution in [1.82, 2.24) is 15.0 Å². The van der Waals surface area contributed by atoms with Crippen LogP contribution in [0.25, 0.3) is 11.1 Å². The van der Waals surface area contributed by atoms with Crippen LogP contribution in [0.1, 0.15) is 11.4 Å². The van der Waals surface area contributed by atoms with Gasteiger partial charge in [0, 0.05) is 23.2 Å². The molecule has 0 saturated carbocycles. The van der Waals surface area contributed by atoms with Gasteiger partial charge in [-0.3, -0.25) is 9.93 Å². The summed E-state index contributed by atoms with van der Waals surface area (Å²) in [7, 11) is -4.51. The third-order valence-electron chi connectivity index (χ3n) is 4.96. The van der Waals surface area contributed by atoms with E-state index in [0.717, 1.165) is 12.1 Å². The summed E-state index contributed by atoms with van der Waals surface area (Å²) in [6.45, 7) is 3.31. The number of pyridine rings is 2. The van der Waals surface area contributed by atoms with Crippen molar-refractivity contribution in [3.05, 3.63) is 83.2 Å². The number of aromatic nitrogens is 4. The van der Waals surface area contributed by atoms with Crippen molar-refractivity contribution in [3.63, 3.8) is 0 Å². The van der Waals surface area contributed by atoms with E-state index < -0.39 is 26.6 Å². The number of rotatable bonds is 6. The maximum Gasteiger partial charge on any atom is 0.349 e. The van der Waals surface area contributed by atoms with Gasteiger partial charge in [0.05, 0.1) is 5.56 Å². The van der Waals surface area contributed by atoms with E-state index in [9.17, 15) is 22.4 Å². The minimum Gasteiger partial charge on any atom is -0.325 e. The van der Waals surface area contributed by atoms with E-state index in [0.29, 0.717) is 44.9 Å². The standard InChI is InChI=1S/C22H18ClF2N6O3S/c1-12-16(14-5-7-27-20(9-14)29-19-6-8-26-13(2)28-19)11-31(32)22(23)21(12)30-35(33,34)18-4-3-15(24)10-17(18)25/h3-11,30,32H,1-2H3,(H,26,27,28,29)/q+1. The van der Waals surface area contributed by atoms with Crippen molar-refractivity contribution in [2.75, 3.05) is 10.0 Å². The number of halogens is 3. The SMILES string of the molecule is Cc1nccc(Nc2cc(-c3c[n+](O)c(Cl)c(NS(=O)(=O)c4ccc(F)cc4F)c3C)ccn2)n1. The van der Waals surface area contributed by atoms with Crippen LogP contribution in [0.3, 0.4) is 0 Å². The molecule has 3 N–H and O–H groups in total. The summed E-state index contributed by atoms with van der Waals surface area (Å²) < 4.78 is 55.8. The summed E-state index contributed by atoms with van der Waals surface area (Å²) in [4.78, 5) is 11.8. The second-order valence-electron chi connectivity index (χ2n) is 7.40. The Kier molecular flexibility index (Phi) is 6.50. The molecule has 3 aromatic heterocycles. The highest BCUT2D eigenvalue weighted by Gasteiger charge is 2.28. The molecule has 4 aromatic rings. The summed E-state index contributed by atoms with van der Waals surface area (Å²) in [5.41, 5.74) is 1.10.